The summed E-state index contributed by atoms with van der Waals surface area (Å²) in [5.74, 6) is -1.49. The van der Waals surface area contributed by atoms with Gasteiger partial charge in [0.1, 0.15) is 0 Å². The third-order valence-corrected chi connectivity index (χ3v) is 0.798. The number of carbonyl (C=O) groups excluding carboxylic acids is 1. The molecule has 0 aliphatic rings. The smallest absolute Gasteiger partial charge is 0.328 e. The zero-order chi connectivity index (χ0) is 8.15. The topological polar surface area (TPSA) is 54.4 Å². The summed E-state index contributed by atoms with van der Waals surface area (Å²) in [6.45, 7) is 4.86. The number of carboxylic acids is 1. The van der Waals surface area contributed by atoms with Gasteiger partial charge in [-0.25, -0.2) is 4.79 Å². The Morgan fingerprint density at radius 2 is 1.90 bits per heavy atom. The van der Waals surface area contributed by atoms with E-state index in [-0.39, 0.29) is 5.78 Å². The average molecular weight is 140 g/mol. The van der Waals surface area contributed by atoms with Crippen molar-refractivity contribution in [2.24, 2.45) is 0 Å². The number of rotatable bonds is 3. The van der Waals surface area contributed by atoms with E-state index < -0.39 is 5.97 Å². The predicted octanol–water partition coefficient (Wildman–Crippen LogP) is 0.772. The van der Waals surface area contributed by atoms with Crippen LogP contribution in [0.5, 0.6) is 0 Å². The van der Waals surface area contributed by atoms with E-state index in [0.717, 1.165) is 12.2 Å². The van der Waals surface area contributed by atoms with E-state index in [2.05, 4.69) is 6.58 Å². The van der Waals surface area contributed by atoms with E-state index >= 15 is 0 Å². The molecule has 10 heavy (non-hydrogen) atoms. The summed E-state index contributed by atoms with van der Waals surface area (Å²) in [6, 6.07) is 0. The molecule has 54 valence electrons. The highest BCUT2D eigenvalue weighted by Crippen LogP contribution is 1.90. The van der Waals surface area contributed by atoms with Gasteiger partial charge in [-0.1, -0.05) is 6.58 Å². The van der Waals surface area contributed by atoms with Crippen LogP contribution in [0.15, 0.2) is 24.3 Å². The second-order valence-electron chi connectivity index (χ2n) is 1.82. The molecule has 0 saturated carbocycles. The number of hydrogen-bond acceptors (Lipinski definition) is 2. The van der Waals surface area contributed by atoms with Gasteiger partial charge in [-0.3, -0.25) is 4.79 Å². The van der Waals surface area contributed by atoms with Crippen molar-refractivity contribution in [1.29, 1.82) is 0 Å². The van der Waals surface area contributed by atoms with Gasteiger partial charge >= 0.3 is 5.97 Å². The molecule has 0 rings (SSSR count). The molecule has 0 aromatic rings. The molecule has 0 fully saturated rings. The third kappa shape index (κ3) is 3.60. The first-order valence-corrected chi connectivity index (χ1v) is 2.65. The molecule has 0 unspecified atom stereocenters. The predicted molar refractivity (Wildman–Crippen MR) is 36.6 cm³/mol. The van der Waals surface area contributed by atoms with Crippen molar-refractivity contribution < 1.29 is 14.7 Å². The monoisotopic (exact) mass is 140 g/mol. The lowest BCUT2D eigenvalue weighted by Crippen LogP contribution is -1.95. The van der Waals surface area contributed by atoms with E-state index in [9.17, 15) is 9.59 Å². The Labute approximate surface area is 58.7 Å². The van der Waals surface area contributed by atoms with Crippen molar-refractivity contribution in [3.8, 4) is 0 Å². The molecule has 3 heteroatoms. The van der Waals surface area contributed by atoms with Crippen molar-refractivity contribution >= 4 is 11.8 Å². The minimum atomic E-state index is -1.13. The van der Waals surface area contributed by atoms with Crippen LogP contribution in [0.1, 0.15) is 6.92 Å². The summed E-state index contributed by atoms with van der Waals surface area (Å²) < 4.78 is 0. The van der Waals surface area contributed by atoms with Gasteiger partial charge in [0.2, 0.25) is 0 Å². The number of ketones is 1. The van der Waals surface area contributed by atoms with Gasteiger partial charge in [-0.05, 0) is 18.6 Å². The van der Waals surface area contributed by atoms with Gasteiger partial charge in [-0.15, -0.1) is 0 Å². The zero-order valence-electron chi connectivity index (χ0n) is 5.63. The highest BCUT2D eigenvalue weighted by molar-refractivity contribution is 6.05. The molecule has 3 nitrogen and oxygen atoms in total. The van der Waals surface area contributed by atoms with Crippen LogP contribution in [0, 0.1) is 0 Å². The van der Waals surface area contributed by atoms with Crippen LogP contribution in [-0.4, -0.2) is 16.9 Å². The van der Waals surface area contributed by atoms with Crippen LogP contribution in [0.25, 0.3) is 0 Å². The lowest BCUT2D eigenvalue weighted by Gasteiger charge is -1.86. The first-order valence-electron chi connectivity index (χ1n) is 2.65. The largest absolute Gasteiger partial charge is 0.478 e. The molecule has 0 radical (unpaired) electrons. The lowest BCUT2D eigenvalue weighted by molar-refractivity contribution is -0.131. The van der Waals surface area contributed by atoms with Crippen LogP contribution in [0.2, 0.25) is 0 Å². The molecule has 0 heterocycles. The molecule has 0 atom stereocenters. The molecule has 0 aromatic heterocycles. The summed E-state index contributed by atoms with van der Waals surface area (Å²) in [4.78, 5) is 20.5. The van der Waals surface area contributed by atoms with Crippen LogP contribution in [0.4, 0.5) is 0 Å². The fourth-order valence-electron chi connectivity index (χ4n) is 0.289. The van der Waals surface area contributed by atoms with Gasteiger partial charge in [-0.2, -0.15) is 0 Å². The third-order valence-electron chi connectivity index (χ3n) is 0.798. The summed E-state index contributed by atoms with van der Waals surface area (Å²) in [5, 5.41) is 8.08. The van der Waals surface area contributed by atoms with E-state index in [1.807, 2.05) is 0 Å². The van der Waals surface area contributed by atoms with E-state index in [1.165, 1.54) is 6.92 Å². The normalized spacial score (nSPS) is 9.70. The van der Waals surface area contributed by atoms with Crippen LogP contribution < -0.4 is 0 Å². The summed E-state index contributed by atoms with van der Waals surface area (Å²) in [6.07, 6.45) is 1.77. The van der Waals surface area contributed by atoms with Crippen molar-refractivity contribution in [2.45, 2.75) is 6.92 Å². The van der Waals surface area contributed by atoms with E-state index in [1.54, 1.807) is 0 Å². The van der Waals surface area contributed by atoms with Gasteiger partial charge in [0.15, 0.2) is 5.78 Å². The molecule has 0 spiro atoms. The van der Waals surface area contributed by atoms with Crippen molar-refractivity contribution in [1.82, 2.24) is 0 Å². The highest BCUT2D eigenvalue weighted by atomic mass is 16.4. The Kier molecular flexibility index (Phi) is 3.11. The molecule has 0 aliphatic carbocycles. The average Bonchev–Trinajstić information content (AvgIpc) is 1.82. The van der Waals surface area contributed by atoms with Gasteiger partial charge in [0, 0.05) is 6.08 Å². The summed E-state index contributed by atoms with van der Waals surface area (Å²) in [7, 11) is 0. The molecular formula is C7H8O3. The number of allylic oxidation sites excluding steroid dienone is 2. The Morgan fingerprint density at radius 3 is 2.20 bits per heavy atom. The van der Waals surface area contributed by atoms with Crippen molar-refractivity contribution in [2.75, 3.05) is 0 Å². The second-order valence-corrected chi connectivity index (χ2v) is 1.82. The lowest BCUT2D eigenvalue weighted by atomic mass is 10.2. The Hall–Kier alpha value is -1.38. The van der Waals surface area contributed by atoms with Gasteiger partial charge in [0.05, 0.1) is 0 Å². The molecule has 0 saturated heterocycles. The van der Waals surface area contributed by atoms with E-state index in [0.29, 0.717) is 5.57 Å². The number of hydrogen-bond donors (Lipinski definition) is 1. The Bertz CT molecular complexity index is 201. The number of carboxylic acid groups (broad SMARTS) is 1. The standard InChI is InChI=1S/C7H8O3/c1-5(2)6(8)3-4-7(9)10/h3-4H,1H2,2H3,(H,9,10). The number of aliphatic carboxylic acids is 1. The second kappa shape index (κ2) is 3.61. The van der Waals surface area contributed by atoms with Gasteiger partial charge in [0.25, 0.3) is 0 Å². The quantitative estimate of drug-likeness (QED) is 0.589. The first-order chi connectivity index (χ1) is 4.54. The minimum absolute atomic E-state index is 0.331. The van der Waals surface area contributed by atoms with E-state index in [4.69, 9.17) is 5.11 Å². The summed E-state index contributed by atoms with van der Waals surface area (Å²) in [5.41, 5.74) is 0.331. The van der Waals surface area contributed by atoms with Crippen LogP contribution >= 0.6 is 0 Å². The maximum atomic E-state index is 10.6. The molecule has 1 N–H and O–H groups in total. The molecule has 0 bridgehead atoms. The maximum absolute atomic E-state index is 10.6. The van der Waals surface area contributed by atoms with Crippen LogP contribution in [0.3, 0.4) is 0 Å². The fourth-order valence-corrected chi connectivity index (χ4v) is 0.289. The highest BCUT2D eigenvalue weighted by Gasteiger charge is 1.95. The molecule has 0 aliphatic heterocycles. The first kappa shape index (κ1) is 8.62. The number of carbonyl (C=O) groups is 2. The Balaban J connectivity index is 4.03. The van der Waals surface area contributed by atoms with Gasteiger partial charge < -0.3 is 5.11 Å². The zero-order valence-corrected chi connectivity index (χ0v) is 5.63. The molecule has 0 aromatic carbocycles. The molecule has 0 amide bonds. The minimum Gasteiger partial charge on any atom is -0.478 e. The molecular weight excluding hydrogens is 132 g/mol. The van der Waals surface area contributed by atoms with Crippen LogP contribution in [-0.2, 0) is 9.59 Å². The van der Waals surface area contributed by atoms with Crippen molar-refractivity contribution in [3.63, 3.8) is 0 Å². The SMILES string of the molecule is C=C(C)C(=O)C=CC(=O)O. The fraction of sp³-hybridized carbons (Fsp3) is 0.143. The van der Waals surface area contributed by atoms with Crippen molar-refractivity contribution in [3.05, 3.63) is 24.3 Å². The Morgan fingerprint density at radius 1 is 1.40 bits per heavy atom. The summed E-state index contributed by atoms with van der Waals surface area (Å²) >= 11 is 0. The maximum Gasteiger partial charge on any atom is 0.328 e.